The lowest BCUT2D eigenvalue weighted by Crippen LogP contribution is -2.46. The molecule has 1 heterocycles. The fourth-order valence-corrected chi connectivity index (χ4v) is 3.69. The number of anilines is 1. The van der Waals surface area contributed by atoms with E-state index < -0.39 is 29.9 Å². The number of benzene rings is 1. The van der Waals surface area contributed by atoms with Gasteiger partial charge < -0.3 is 14.2 Å². The third-order valence-corrected chi connectivity index (χ3v) is 5.38. The van der Waals surface area contributed by atoms with Crippen molar-refractivity contribution in [1.29, 1.82) is 0 Å². The van der Waals surface area contributed by atoms with Crippen LogP contribution in [0.1, 0.15) is 33.3 Å². The van der Waals surface area contributed by atoms with Crippen molar-refractivity contribution in [2.24, 2.45) is 5.92 Å². The number of carbonyl (C=O) groups excluding carboxylic acids is 5. The van der Waals surface area contributed by atoms with Crippen molar-refractivity contribution in [3.05, 3.63) is 17.7 Å². The van der Waals surface area contributed by atoms with E-state index in [0.29, 0.717) is 11.3 Å². The maximum absolute atomic E-state index is 13.1. The van der Waals surface area contributed by atoms with Gasteiger partial charge in [0.25, 0.3) is 0 Å². The molecule has 0 fully saturated rings. The summed E-state index contributed by atoms with van der Waals surface area (Å²) in [5.74, 6) is -2.62. The minimum Gasteiger partial charge on any atom is -0.467 e. The zero-order valence-corrected chi connectivity index (χ0v) is 18.2. The Morgan fingerprint density at radius 2 is 1.63 bits per heavy atom. The summed E-state index contributed by atoms with van der Waals surface area (Å²) >= 11 is 1.01. The van der Waals surface area contributed by atoms with Gasteiger partial charge in [-0.2, -0.15) is 0 Å². The quantitative estimate of drug-likeness (QED) is 0.486. The van der Waals surface area contributed by atoms with E-state index in [1.54, 1.807) is 6.92 Å². The molecule has 1 aromatic carbocycles. The Labute approximate surface area is 178 Å². The predicted molar refractivity (Wildman–Crippen MR) is 108 cm³/mol. The third kappa shape index (κ3) is 5.38. The van der Waals surface area contributed by atoms with Gasteiger partial charge in [-0.05, 0) is 11.6 Å². The van der Waals surface area contributed by atoms with Crippen LogP contribution in [0.5, 0.6) is 11.5 Å². The van der Waals surface area contributed by atoms with Crippen LogP contribution in [0.25, 0.3) is 0 Å². The number of thioether (sulfide) groups is 1. The maximum atomic E-state index is 13.1. The van der Waals surface area contributed by atoms with Gasteiger partial charge in [0.05, 0.1) is 12.8 Å². The number of carbonyl (C=O) groups is 5. The zero-order valence-electron chi connectivity index (χ0n) is 17.3. The van der Waals surface area contributed by atoms with E-state index in [1.807, 2.05) is 0 Å². The summed E-state index contributed by atoms with van der Waals surface area (Å²) in [6, 6.07) is 1.92. The molecular weight excluding hydrogens is 414 g/mol. The largest absolute Gasteiger partial charge is 0.467 e. The summed E-state index contributed by atoms with van der Waals surface area (Å²) in [5, 5.41) is -0.121. The maximum Gasteiger partial charge on any atom is 0.329 e. The molecule has 1 aromatic rings. The number of rotatable bonds is 6. The molecule has 10 heteroatoms. The lowest BCUT2D eigenvalue weighted by atomic mass is 10.1. The van der Waals surface area contributed by atoms with E-state index in [1.165, 1.54) is 44.9 Å². The van der Waals surface area contributed by atoms with Gasteiger partial charge in [-0.15, -0.1) is 0 Å². The van der Waals surface area contributed by atoms with Crippen molar-refractivity contribution in [3.8, 4) is 11.5 Å². The molecule has 0 saturated heterocycles. The number of fused-ring (bicyclic) bond motifs is 1. The number of amides is 1. The van der Waals surface area contributed by atoms with Crippen molar-refractivity contribution < 1.29 is 38.2 Å². The molecule has 0 spiro atoms. The van der Waals surface area contributed by atoms with Gasteiger partial charge in [0.15, 0.2) is 16.6 Å². The van der Waals surface area contributed by atoms with E-state index in [4.69, 9.17) is 14.2 Å². The third-order valence-electron chi connectivity index (χ3n) is 4.31. The Morgan fingerprint density at radius 3 is 2.13 bits per heavy atom. The van der Waals surface area contributed by atoms with Crippen molar-refractivity contribution >= 4 is 46.4 Å². The van der Waals surface area contributed by atoms with Crippen LogP contribution in [0.4, 0.5) is 5.69 Å². The van der Waals surface area contributed by atoms with Crippen LogP contribution in [0.2, 0.25) is 0 Å². The highest BCUT2D eigenvalue weighted by atomic mass is 32.2. The summed E-state index contributed by atoms with van der Waals surface area (Å²) in [4.78, 5) is 61.0. The normalized spacial score (nSPS) is 15.8. The van der Waals surface area contributed by atoms with Gasteiger partial charge >= 0.3 is 17.9 Å². The highest BCUT2D eigenvalue weighted by molar-refractivity contribution is 8.13. The van der Waals surface area contributed by atoms with Gasteiger partial charge in [0.1, 0.15) is 6.04 Å². The molecule has 0 N–H and O–H groups in total. The molecule has 0 aromatic heterocycles. The molecule has 1 amide bonds. The zero-order chi connectivity index (χ0) is 22.6. The molecule has 0 aliphatic carbocycles. The number of hydrogen-bond acceptors (Lipinski definition) is 9. The molecule has 9 nitrogen and oxygen atoms in total. The van der Waals surface area contributed by atoms with Gasteiger partial charge in [-0.1, -0.05) is 18.7 Å². The predicted octanol–water partition coefficient (Wildman–Crippen LogP) is 1.88. The Morgan fingerprint density at radius 1 is 1.07 bits per heavy atom. The fourth-order valence-electron chi connectivity index (χ4n) is 3.06. The monoisotopic (exact) mass is 437 g/mol. The number of hydrogen-bond donors (Lipinski definition) is 0. The second kappa shape index (κ2) is 9.75. The molecule has 0 saturated carbocycles. The Bertz CT molecular complexity index is 897. The first-order chi connectivity index (χ1) is 14.0. The van der Waals surface area contributed by atoms with Gasteiger partial charge in [-0.25, -0.2) is 4.79 Å². The first-order valence-electron chi connectivity index (χ1n) is 9.13. The van der Waals surface area contributed by atoms with Crippen molar-refractivity contribution in [2.75, 3.05) is 17.8 Å². The number of methoxy groups -OCH3 is 1. The Hall–Kier alpha value is -2.88. The number of esters is 3. The Balaban J connectivity index is 2.51. The van der Waals surface area contributed by atoms with E-state index in [0.717, 1.165) is 11.8 Å². The molecule has 0 bridgehead atoms. The minimum atomic E-state index is -0.931. The van der Waals surface area contributed by atoms with E-state index >= 15 is 0 Å². The van der Waals surface area contributed by atoms with Gasteiger partial charge in [-0.3, -0.25) is 24.1 Å². The summed E-state index contributed by atoms with van der Waals surface area (Å²) in [6.07, 6.45) is 0.134. The topological polar surface area (TPSA) is 116 Å². The molecule has 1 aliphatic heterocycles. The van der Waals surface area contributed by atoms with E-state index in [9.17, 15) is 24.0 Å². The Kier molecular flexibility index (Phi) is 7.60. The first-order valence-corrected chi connectivity index (χ1v) is 10.1. The lowest BCUT2D eigenvalue weighted by Gasteiger charge is -2.26. The number of nitrogens with zero attached hydrogens (tertiary/aromatic N) is 1. The summed E-state index contributed by atoms with van der Waals surface area (Å²) < 4.78 is 15.1. The fraction of sp³-hybridized carbons (Fsp3) is 0.450. The summed E-state index contributed by atoms with van der Waals surface area (Å²) in [6.45, 7) is 5.45. The standard InChI is InChI=1S/C20H23NO8S/c1-10(9-30-13(4)24)19(25)21-15-8-18(29-12(3)23)17(28-11(2)22)7-14(15)6-16(21)20(26)27-5/h7-8,10,16H,6,9H2,1-5H3/t10-,16+/m1/s1. The summed E-state index contributed by atoms with van der Waals surface area (Å²) in [7, 11) is 1.22. The van der Waals surface area contributed by atoms with Crippen LogP contribution in [0.3, 0.4) is 0 Å². The molecule has 2 atom stereocenters. The minimum absolute atomic E-state index is 0.00884. The number of ether oxygens (including phenoxy) is 3. The van der Waals surface area contributed by atoms with Crippen LogP contribution >= 0.6 is 11.8 Å². The van der Waals surface area contributed by atoms with Crippen molar-refractivity contribution in [2.45, 2.75) is 40.2 Å². The van der Waals surface area contributed by atoms with E-state index in [2.05, 4.69) is 0 Å². The second-order valence-corrected chi connectivity index (χ2v) is 7.97. The average molecular weight is 437 g/mol. The molecule has 0 radical (unpaired) electrons. The van der Waals surface area contributed by atoms with E-state index in [-0.39, 0.29) is 34.7 Å². The molecular formula is C20H23NO8S. The highest BCUT2D eigenvalue weighted by Gasteiger charge is 2.41. The smallest absolute Gasteiger partial charge is 0.329 e. The average Bonchev–Trinajstić information content (AvgIpc) is 3.02. The van der Waals surface area contributed by atoms with Gasteiger partial charge in [0.2, 0.25) is 5.91 Å². The molecule has 0 unspecified atom stereocenters. The SMILES string of the molecule is COC(=O)[C@@H]1Cc2cc(OC(C)=O)c(OC(C)=O)cc2N1C(=O)[C@H](C)CSC(C)=O. The second-order valence-electron chi connectivity index (χ2n) is 6.77. The van der Waals surface area contributed by atoms with Crippen LogP contribution < -0.4 is 14.4 Å². The first kappa shape index (κ1) is 23.4. The van der Waals surface area contributed by atoms with Crippen molar-refractivity contribution in [1.82, 2.24) is 0 Å². The summed E-state index contributed by atoms with van der Waals surface area (Å²) in [5.41, 5.74) is 0.902. The molecule has 1 aliphatic rings. The molecule has 162 valence electrons. The van der Waals surface area contributed by atoms with Crippen LogP contribution in [-0.4, -0.2) is 47.8 Å². The van der Waals surface area contributed by atoms with Gasteiger partial charge in [0, 0.05) is 44.9 Å². The van der Waals surface area contributed by atoms with Crippen LogP contribution in [-0.2, 0) is 35.1 Å². The van der Waals surface area contributed by atoms with Crippen molar-refractivity contribution in [3.63, 3.8) is 0 Å². The lowest BCUT2D eigenvalue weighted by molar-refractivity contribution is -0.143. The molecule has 30 heavy (non-hydrogen) atoms. The molecule has 2 rings (SSSR count). The van der Waals surface area contributed by atoms with Crippen LogP contribution in [0, 0.1) is 5.92 Å². The highest BCUT2D eigenvalue weighted by Crippen LogP contribution is 2.42. The van der Waals surface area contributed by atoms with Crippen LogP contribution in [0.15, 0.2) is 12.1 Å².